The van der Waals surface area contributed by atoms with E-state index in [1.54, 1.807) is 37.3 Å². The SMILES string of the molecule is CCCn1nc(C(=O)OCC(=O)c2cc(C)n(C3CCS(=O)(=O)C3)c2C)c2ccccc2c1=O. The monoisotopic (exact) mass is 485 g/mol. The lowest BCUT2D eigenvalue weighted by Crippen LogP contribution is -2.27. The predicted octanol–water partition coefficient (Wildman–Crippen LogP) is 2.62. The maximum Gasteiger partial charge on any atom is 0.359 e. The van der Waals surface area contributed by atoms with E-state index in [2.05, 4.69) is 5.10 Å². The van der Waals surface area contributed by atoms with E-state index in [1.165, 1.54) is 4.68 Å². The number of carbonyl (C=O) groups excluding carboxylic acids is 2. The van der Waals surface area contributed by atoms with Crippen molar-refractivity contribution in [2.45, 2.75) is 46.2 Å². The van der Waals surface area contributed by atoms with Gasteiger partial charge in [-0.2, -0.15) is 5.10 Å². The summed E-state index contributed by atoms with van der Waals surface area (Å²) in [6.45, 7) is 5.36. The van der Waals surface area contributed by atoms with E-state index in [1.807, 2.05) is 18.4 Å². The molecular weight excluding hydrogens is 458 g/mol. The van der Waals surface area contributed by atoms with Crippen molar-refractivity contribution in [3.8, 4) is 0 Å². The third kappa shape index (κ3) is 4.42. The van der Waals surface area contributed by atoms with Crippen LogP contribution >= 0.6 is 0 Å². The highest BCUT2D eigenvalue weighted by molar-refractivity contribution is 7.91. The Hall–Kier alpha value is -3.27. The van der Waals surface area contributed by atoms with Crippen LogP contribution in [0.1, 0.15) is 58.0 Å². The minimum Gasteiger partial charge on any atom is -0.452 e. The summed E-state index contributed by atoms with van der Waals surface area (Å²) in [5.41, 5.74) is 1.53. The Kier molecular flexibility index (Phi) is 6.44. The van der Waals surface area contributed by atoms with Gasteiger partial charge in [-0.3, -0.25) is 9.59 Å². The number of benzene rings is 1. The van der Waals surface area contributed by atoms with Crippen LogP contribution in [-0.4, -0.2) is 52.6 Å². The molecule has 0 saturated carbocycles. The van der Waals surface area contributed by atoms with Crippen molar-refractivity contribution in [3.63, 3.8) is 0 Å². The summed E-state index contributed by atoms with van der Waals surface area (Å²) in [6.07, 6.45) is 1.17. The molecule has 10 heteroatoms. The van der Waals surface area contributed by atoms with E-state index < -0.39 is 22.4 Å². The van der Waals surface area contributed by atoms with Crippen molar-refractivity contribution < 1.29 is 22.7 Å². The van der Waals surface area contributed by atoms with Crippen molar-refractivity contribution in [1.82, 2.24) is 14.3 Å². The number of carbonyl (C=O) groups is 2. The third-order valence-electron chi connectivity index (χ3n) is 6.19. The summed E-state index contributed by atoms with van der Waals surface area (Å²) < 4.78 is 32.2. The molecule has 3 aromatic rings. The van der Waals surface area contributed by atoms with Crippen molar-refractivity contribution in [2.24, 2.45) is 0 Å². The van der Waals surface area contributed by atoms with E-state index in [0.29, 0.717) is 41.4 Å². The lowest BCUT2D eigenvalue weighted by Gasteiger charge is -2.16. The maximum atomic E-state index is 12.9. The van der Waals surface area contributed by atoms with E-state index in [4.69, 9.17) is 4.74 Å². The first-order valence-electron chi connectivity index (χ1n) is 11.2. The molecule has 0 bridgehead atoms. The van der Waals surface area contributed by atoms with Gasteiger partial charge in [-0.05, 0) is 38.8 Å². The number of Topliss-reactive ketones (excluding diaryl/α,β-unsaturated/α-hetero) is 1. The van der Waals surface area contributed by atoms with Gasteiger partial charge in [0.25, 0.3) is 5.56 Å². The van der Waals surface area contributed by atoms with Crippen LogP contribution < -0.4 is 5.56 Å². The summed E-state index contributed by atoms with van der Waals surface area (Å²) in [6, 6.07) is 8.17. The number of ether oxygens (including phenoxy) is 1. The number of sulfone groups is 1. The molecule has 3 heterocycles. The van der Waals surface area contributed by atoms with Crippen LogP contribution in [0.5, 0.6) is 0 Å². The predicted molar refractivity (Wildman–Crippen MR) is 127 cm³/mol. The number of nitrogens with zero attached hydrogens (tertiary/aromatic N) is 3. The van der Waals surface area contributed by atoms with Gasteiger partial charge in [0.2, 0.25) is 5.78 Å². The van der Waals surface area contributed by atoms with Crippen molar-refractivity contribution in [2.75, 3.05) is 18.1 Å². The van der Waals surface area contributed by atoms with E-state index in [-0.39, 0.29) is 34.6 Å². The zero-order valence-corrected chi connectivity index (χ0v) is 20.2. The van der Waals surface area contributed by atoms with Crippen LogP contribution in [0.3, 0.4) is 0 Å². The molecule has 0 radical (unpaired) electrons. The molecule has 1 atom stereocenters. The van der Waals surface area contributed by atoms with E-state index >= 15 is 0 Å². The van der Waals surface area contributed by atoms with Crippen LogP contribution in [-0.2, 0) is 21.1 Å². The van der Waals surface area contributed by atoms with Gasteiger partial charge in [-0.25, -0.2) is 17.9 Å². The van der Waals surface area contributed by atoms with Gasteiger partial charge < -0.3 is 9.30 Å². The average Bonchev–Trinajstić information content (AvgIpc) is 3.31. The quantitative estimate of drug-likeness (QED) is 0.373. The van der Waals surface area contributed by atoms with Gasteiger partial charge >= 0.3 is 5.97 Å². The lowest BCUT2D eigenvalue weighted by atomic mass is 10.1. The maximum absolute atomic E-state index is 12.9. The number of fused-ring (bicyclic) bond motifs is 1. The van der Waals surface area contributed by atoms with Gasteiger partial charge in [0.15, 0.2) is 22.1 Å². The first kappa shape index (κ1) is 23.9. The van der Waals surface area contributed by atoms with Crippen LogP contribution in [0.4, 0.5) is 0 Å². The molecule has 1 aliphatic heterocycles. The number of hydrogen-bond acceptors (Lipinski definition) is 7. The fourth-order valence-electron chi connectivity index (χ4n) is 4.63. The summed E-state index contributed by atoms with van der Waals surface area (Å²) in [5.74, 6) is -0.987. The molecule has 1 saturated heterocycles. The molecule has 1 aliphatic rings. The lowest BCUT2D eigenvalue weighted by molar-refractivity contribution is 0.0468. The third-order valence-corrected chi connectivity index (χ3v) is 7.94. The van der Waals surface area contributed by atoms with Crippen LogP contribution in [0.15, 0.2) is 35.1 Å². The van der Waals surface area contributed by atoms with Gasteiger partial charge in [0.1, 0.15) is 0 Å². The number of aromatic nitrogens is 3. The molecule has 0 spiro atoms. The summed E-state index contributed by atoms with van der Waals surface area (Å²) in [5, 5.41) is 4.93. The van der Waals surface area contributed by atoms with Crippen molar-refractivity contribution in [3.05, 3.63) is 63.3 Å². The Morgan fingerprint density at radius 1 is 1.18 bits per heavy atom. The molecular formula is C24H27N3O6S. The number of rotatable bonds is 7. The highest BCUT2D eigenvalue weighted by atomic mass is 32.2. The van der Waals surface area contributed by atoms with Gasteiger partial charge in [0.05, 0.1) is 16.9 Å². The smallest absolute Gasteiger partial charge is 0.359 e. The van der Waals surface area contributed by atoms with Crippen LogP contribution in [0, 0.1) is 13.8 Å². The van der Waals surface area contributed by atoms with E-state index in [9.17, 15) is 22.8 Å². The van der Waals surface area contributed by atoms with Gasteiger partial charge in [-0.1, -0.05) is 25.1 Å². The second kappa shape index (κ2) is 9.17. The highest BCUT2D eigenvalue weighted by Crippen LogP contribution is 2.29. The molecule has 34 heavy (non-hydrogen) atoms. The van der Waals surface area contributed by atoms with Gasteiger partial charge in [0, 0.05) is 34.9 Å². The Labute approximate surface area is 197 Å². The normalized spacial score (nSPS) is 17.2. The zero-order chi connectivity index (χ0) is 24.6. The minimum atomic E-state index is -3.08. The molecule has 1 unspecified atom stereocenters. The van der Waals surface area contributed by atoms with Crippen LogP contribution in [0.25, 0.3) is 10.8 Å². The topological polar surface area (TPSA) is 117 Å². The summed E-state index contributed by atoms with van der Waals surface area (Å²) >= 11 is 0. The standard InChI is InChI=1S/C24H27N3O6S/c1-4-10-26-23(29)19-8-6-5-7-18(19)22(25-26)24(30)33-13-21(28)20-12-15(2)27(16(20)3)17-9-11-34(31,32)14-17/h5-8,12,17H,4,9-11,13-14H2,1-3H3. The minimum absolute atomic E-state index is 0.0157. The molecule has 1 fully saturated rings. The van der Waals surface area contributed by atoms with Crippen molar-refractivity contribution >= 4 is 32.4 Å². The number of ketones is 1. The average molecular weight is 486 g/mol. The Morgan fingerprint density at radius 3 is 2.53 bits per heavy atom. The summed E-state index contributed by atoms with van der Waals surface area (Å²) in [7, 11) is -3.08. The Bertz CT molecular complexity index is 1450. The largest absolute Gasteiger partial charge is 0.452 e. The molecule has 2 aromatic heterocycles. The first-order chi connectivity index (χ1) is 16.1. The first-order valence-corrected chi connectivity index (χ1v) is 13.0. The zero-order valence-electron chi connectivity index (χ0n) is 19.4. The number of hydrogen-bond donors (Lipinski definition) is 0. The second-order valence-electron chi connectivity index (χ2n) is 8.63. The molecule has 180 valence electrons. The molecule has 4 rings (SSSR count). The molecule has 9 nitrogen and oxygen atoms in total. The van der Waals surface area contributed by atoms with Crippen molar-refractivity contribution in [1.29, 1.82) is 0 Å². The fraction of sp³-hybridized carbons (Fsp3) is 0.417. The number of aryl methyl sites for hydroxylation is 2. The van der Waals surface area contributed by atoms with E-state index in [0.717, 1.165) is 5.69 Å². The van der Waals surface area contributed by atoms with Crippen LogP contribution in [0.2, 0.25) is 0 Å². The molecule has 0 aliphatic carbocycles. The highest BCUT2D eigenvalue weighted by Gasteiger charge is 2.32. The Balaban J connectivity index is 1.56. The molecule has 1 aromatic carbocycles. The molecule has 0 amide bonds. The Morgan fingerprint density at radius 2 is 1.88 bits per heavy atom. The fourth-order valence-corrected chi connectivity index (χ4v) is 6.33. The number of esters is 1. The second-order valence-corrected chi connectivity index (χ2v) is 10.9. The molecule has 0 N–H and O–H groups in total. The summed E-state index contributed by atoms with van der Waals surface area (Å²) in [4.78, 5) is 38.4. The van der Waals surface area contributed by atoms with Gasteiger partial charge in [-0.15, -0.1) is 0 Å².